The van der Waals surface area contributed by atoms with E-state index in [-0.39, 0.29) is 5.82 Å². The van der Waals surface area contributed by atoms with Gasteiger partial charge in [-0.25, -0.2) is 19.0 Å². The third-order valence-electron chi connectivity index (χ3n) is 3.68. The summed E-state index contributed by atoms with van der Waals surface area (Å²) in [4.78, 5) is 11.1. The number of aromatic nitrogens is 4. The summed E-state index contributed by atoms with van der Waals surface area (Å²) in [5.74, 6) is 0.598. The standard InChI is InChI=1S/C17H20FN5/c1-3-8-22(9-4-2)16-15-11-21-23(17(15)20-12-19-16)14-7-5-6-13(18)10-14/h5-7,10-12H,3-4,8-9H2,1-2H3. The van der Waals surface area contributed by atoms with E-state index in [4.69, 9.17) is 0 Å². The highest BCUT2D eigenvalue weighted by Crippen LogP contribution is 2.25. The maximum atomic E-state index is 13.5. The van der Waals surface area contributed by atoms with Crippen molar-refractivity contribution in [1.29, 1.82) is 0 Å². The lowest BCUT2D eigenvalue weighted by atomic mass is 10.3. The van der Waals surface area contributed by atoms with E-state index in [1.54, 1.807) is 23.3 Å². The molecule has 6 heteroatoms. The number of hydrogen-bond acceptors (Lipinski definition) is 4. The fourth-order valence-corrected chi connectivity index (χ4v) is 2.74. The fourth-order valence-electron chi connectivity index (χ4n) is 2.74. The number of fused-ring (bicyclic) bond motifs is 1. The van der Waals surface area contributed by atoms with Crippen LogP contribution in [0.25, 0.3) is 16.7 Å². The summed E-state index contributed by atoms with van der Waals surface area (Å²) in [7, 11) is 0. The van der Waals surface area contributed by atoms with Gasteiger partial charge in [0.2, 0.25) is 0 Å². The van der Waals surface area contributed by atoms with Crippen LogP contribution < -0.4 is 4.90 Å². The zero-order valence-electron chi connectivity index (χ0n) is 13.4. The summed E-state index contributed by atoms with van der Waals surface area (Å²) < 4.78 is 15.1. The van der Waals surface area contributed by atoms with Gasteiger partial charge in [0.15, 0.2) is 5.65 Å². The smallest absolute Gasteiger partial charge is 0.168 e. The Bertz CT molecular complexity index is 793. The van der Waals surface area contributed by atoms with E-state index in [1.807, 2.05) is 6.07 Å². The molecule has 0 aliphatic rings. The zero-order chi connectivity index (χ0) is 16.2. The first-order valence-corrected chi connectivity index (χ1v) is 7.94. The summed E-state index contributed by atoms with van der Waals surface area (Å²) >= 11 is 0. The number of hydrogen-bond donors (Lipinski definition) is 0. The lowest BCUT2D eigenvalue weighted by Gasteiger charge is -2.22. The van der Waals surface area contributed by atoms with E-state index < -0.39 is 0 Å². The molecule has 0 atom stereocenters. The molecule has 0 radical (unpaired) electrons. The Kier molecular flexibility index (Phi) is 4.50. The van der Waals surface area contributed by atoms with Crippen molar-refractivity contribution in [3.63, 3.8) is 0 Å². The second kappa shape index (κ2) is 6.73. The third-order valence-corrected chi connectivity index (χ3v) is 3.68. The monoisotopic (exact) mass is 313 g/mol. The molecule has 3 aromatic rings. The molecule has 0 saturated carbocycles. The molecule has 0 saturated heterocycles. The number of nitrogens with zero attached hydrogens (tertiary/aromatic N) is 5. The van der Waals surface area contributed by atoms with Crippen LogP contribution in [0.1, 0.15) is 26.7 Å². The molecule has 2 heterocycles. The molecule has 5 nitrogen and oxygen atoms in total. The maximum absolute atomic E-state index is 13.5. The third kappa shape index (κ3) is 3.02. The molecule has 23 heavy (non-hydrogen) atoms. The van der Waals surface area contributed by atoms with Crippen molar-refractivity contribution in [1.82, 2.24) is 19.7 Å². The number of benzene rings is 1. The Labute approximate surface area is 134 Å². The van der Waals surface area contributed by atoms with Gasteiger partial charge in [0, 0.05) is 13.1 Å². The van der Waals surface area contributed by atoms with Crippen LogP contribution in [0.5, 0.6) is 0 Å². The van der Waals surface area contributed by atoms with Gasteiger partial charge in [-0.2, -0.15) is 5.10 Å². The first-order valence-electron chi connectivity index (χ1n) is 7.94. The van der Waals surface area contributed by atoms with Gasteiger partial charge in [0.1, 0.15) is 18.0 Å². The molecule has 0 fully saturated rings. The van der Waals surface area contributed by atoms with Crippen molar-refractivity contribution in [2.75, 3.05) is 18.0 Å². The highest BCUT2D eigenvalue weighted by molar-refractivity contribution is 5.87. The molecule has 1 aromatic carbocycles. The molecule has 0 bridgehead atoms. The van der Waals surface area contributed by atoms with Crippen molar-refractivity contribution >= 4 is 16.9 Å². The molecule has 3 rings (SSSR count). The first-order chi connectivity index (χ1) is 11.2. The number of rotatable bonds is 6. The van der Waals surface area contributed by atoms with E-state index in [2.05, 4.69) is 33.8 Å². The quantitative estimate of drug-likeness (QED) is 0.698. The van der Waals surface area contributed by atoms with Gasteiger partial charge in [-0.1, -0.05) is 19.9 Å². The molecule has 0 aliphatic carbocycles. The van der Waals surface area contributed by atoms with Crippen LogP contribution in [0, 0.1) is 5.82 Å². The Morgan fingerprint density at radius 3 is 2.61 bits per heavy atom. The Hall–Kier alpha value is -2.50. The molecule has 0 N–H and O–H groups in total. The van der Waals surface area contributed by atoms with Crippen molar-refractivity contribution in [3.8, 4) is 5.69 Å². The van der Waals surface area contributed by atoms with Gasteiger partial charge in [-0.15, -0.1) is 0 Å². The number of halogens is 1. The van der Waals surface area contributed by atoms with Gasteiger partial charge < -0.3 is 4.90 Å². The maximum Gasteiger partial charge on any atom is 0.168 e. The predicted octanol–water partition coefficient (Wildman–Crippen LogP) is 3.58. The van der Waals surface area contributed by atoms with Gasteiger partial charge in [0.25, 0.3) is 0 Å². The second-order valence-corrected chi connectivity index (χ2v) is 5.46. The van der Waals surface area contributed by atoms with Crippen LogP contribution in [0.4, 0.5) is 10.2 Å². The zero-order valence-corrected chi connectivity index (χ0v) is 13.4. The van der Waals surface area contributed by atoms with Gasteiger partial charge in [-0.05, 0) is 31.0 Å². The molecule has 0 unspecified atom stereocenters. The van der Waals surface area contributed by atoms with Crippen LogP contribution in [0.3, 0.4) is 0 Å². The fraction of sp³-hybridized carbons (Fsp3) is 0.353. The summed E-state index contributed by atoms with van der Waals surface area (Å²) in [6.45, 7) is 6.17. The highest BCUT2D eigenvalue weighted by Gasteiger charge is 2.15. The van der Waals surface area contributed by atoms with Gasteiger partial charge >= 0.3 is 0 Å². The van der Waals surface area contributed by atoms with E-state index in [9.17, 15) is 4.39 Å². The van der Waals surface area contributed by atoms with Crippen LogP contribution in [0.15, 0.2) is 36.8 Å². The summed E-state index contributed by atoms with van der Waals surface area (Å²) in [5, 5.41) is 5.28. The Morgan fingerprint density at radius 2 is 1.91 bits per heavy atom. The molecule has 2 aromatic heterocycles. The van der Waals surface area contributed by atoms with Crippen molar-refractivity contribution in [2.24, 2.45) is 0 Å². The van der Waals surface area contributed by atoms with E-state index in [0.717, 1.165) is 37.1 Å². The molecule has 0 spiro atoms. The van der Waals surface area contributed by atoms with Crippen molar-refractivity contribution in [3.05, 3.63) is 42.6 Å². The average molecular weight is 313 g/mol. The normalized spacial score (nSPS) is 11.1. The Balaban J connectivity index is 2.10. The summed E-state index contributed by atoms with van der Waals surface area (Å²) in [5.41, 5.74) is 1.35. The highest BCUT2D eigenvalue weighted by atomic mass is 19.1. The van der Waals surface area contributed by atoms with Crippen LogP contribution >= 0.6 is 0 Å². The molecule has 0 amide bonds. The minimum Gasteiger partial charge on any atom is -0.356 e. The van der Waals surface area contributed by atoms with Crippen LogP contribution in [0.2, 0.25) is 0 Å². The minimum absolute atomic E-state index is 0.293. The van der Waals surface area contributed by atoms with Crippen molar-refractivity contribution in [2.45, 2.75) is 26.7 Å². The summed E-state index contributed by atoms with van der Waals surface area (Å²) in [6.07, 6.45) is 5.40. The van der Waals surface area contributed by atoms with Gasteiger partial charge in [-0.3, -0.25) is 0 Å². The van der Waals surface area contributed by atoms with Crippen LogP contribution in [-0.2, 0) is 0 Å². The molecule has 120 valence electrons. The van der Waals surface area contributed by atoms with E-state index in [0.29, 0.717) is 11.3 Å². The van der Waals surface area contributed by atoms with Gasteiger partial charge in [0.05, 0.1) is 17.3 Å². The Morgan fingerprint density at radius 1 is 1.13 bits per heavy atom. The topological polar surface area (TPSA) is 46.8 Å². The predicted molar refractivity (Wildman–Crippen MR) is 89.4 cm³/mol. The summed E-state index contributed by atoms with van der Waals surface area (Å²) in [6, 6.07) is 6.35. The molecular formula is C17H20FN5. The largest absolute Gasteiger partial charge is 0.356 e. The van der Waals surface area contributed by atoms with E-state index >= 15 is 0 Å². The lowest BCUT2D eigenvalue weighted by Crippen LogP contribution is -2.26. The first kappa shape index (κ1) is 15.4. The SMILES string of the molecule is CCCN(CCC)c1ncnc2c1cnn2-c1cccc(F)c1. The lowest BCUT2D eigenvalue weighted by molar-refractivity contribution is 0.625. The van der Waals surface area contributed by atoms with Crippen molar-refractivity contribution < 1.29 is 4.39 Å². The molecule has 0 aliphatic heterocycles. The second-order valence-electron chi connectivity index (χ2n) is 5.46. The average Bonchev–Trinajstić information content (AvgIpc) is 2.99. The van der Waals surface area contributed by atoms with E-state index in [1.165, 1.54) is 12.1 Å². The van der Waals surface area contributed by atoms with Crippen LogP contribution in [-0.4, -0.2) is 32.8 Å². The molecular weight excluding hydrogens is 293 g/mol. The number of anilines is 1. The minimum atomic E-state index is -0.293.